The van der Waals surface area contributed by atoms with Gasteiger partial charge in [0.1, 0.15) is 11.5 Å². The summed E-state index contributed by atoms with van der Waals surface area (Å²) in [4.78, 5) is 23.3. The smallest absolute Gasteiger partial charge is 0.261 e. The van der Waals surface area contributed by atoms with Crippen molar-refractivity contribution in [2.75, 3.05) is 0 Å². The molecule has 20 heavy (non-hydrogen) atoms. The van der Waals surface area contributed by atoms with Crippen molar-refractivity contribution in [3.8, 4) is 11.5 Å². The Balaban J connectivity index is 2.01. The number of nitrogens with one attached hydrogen (secondary N) is 1. The molecule has 100 valence electrons. The second-order valence-corrected chi connectivity index (χ2v) is 4.76. The second-order valence-electron chi connectivity index (χ2n) is 4.76. The summed E-state index contributed by atoms with van der Waals surface area (Å²) in [5.74, 6) is 0.455. The highest BCUT2D eigenvalue weighted by Gasteiger charge is 2.25. The number of hydrogen-bond donors (Lipinski definition) is 1. The standard InChI is InChI=1S/C16H13NO3/c1-10-4-2-6-12(8-10)20-13-7-3-5-11-9-14(18)17-16(19)15(11)13/h2-8H,9H2,1H3,(H,17,18,19). The minimum absolute atomic E-state index is 0.200. The van der Waals surface area contributed by atoms with Crippen molar-refractivity contribution in [2.45, 2.75) is 13.3 Å². The average molecular weight is 267 g/mol. The molecule has 0 atom stereocenters. The summed E-state index contributed by atoms with van der Waals surface area (Å²) >= 11 is 0. The highest BCUT2D eigenvalue weighted by atomic mass is 16.5. The van der Waals surface area contributed by atoms with Crippen LogP contribution in [0.2, 0.25) is 0 Å². The molecule has 1 heterocycles. The fraction of sp³-hybridized carbons (Fsp3) is 0.125. The summed E-state index contributed by atoms with van der Waals surface area (Å²) in [6, 6.07) is 12.9. The largest absolute Gasteiger partial charge is 0.457 e. The summed E-state index contributed by atoms with van der Waals surface area (Å²) < 4.78 is 5.79. The van der Waals surface area contributed by atoms with Gasteiger partial charge in [-0.25, -0.2) is 0 Å². The molecule has 0 spiro atoms. The molecule has 0 saturated carbocycles. The maximum Gasteiger partial charge on any atom is 0.261 e. The molecule has 0 radical (unpaired) electrons. The summed E-state index contributed by atoms with van der Waals surface area (Å²) in [6.45, 7) is 1.97. The van der Waals surface area contributed by atoms with Crippen LogP contribution in [0.1, 0.15) is 21.5 Å². The van der Waals surface area contributed by atoms with Gasteiger partial charge in [0.15, 0.2) is 0 Å². The molecule has 0 fully saturated rings. The number of aryl methyl sites for hydroxylation is 1. The number of hydrogen-bond acceptors (Lipinski definition) is 3. The van der Waals surface area contributed by atoms with Crippen molar-refractivity contribution < 1.29 is 14.3 Å². The van der Waals surface area contributed by atoms with Crippen molar-refractivity contribution in [3.63, 3.8) is 0 Å². The topological polar surface area (TPSA) is 55.4 Å². The molecule has 1 N–H and O–H groups in total. The number of benzene rings is 2. The maximum absolute atomic E-state index is 12.0. The zero-order valence-electron chi connectivity index (χ0n) is 11.0. The van der Waals surface area contributed by atoms with Gasteiger partial charge in [-0.1, -0.05) is 24.3 Å². The lowest BCUT2D eigenvalue weighted by Crippen LogP contribution is -2.37. The van der Waals surface area contributed by atoms with Crippen molar-refractivity contribution in [3.05, 3.63) is 59.2 Å². The minimum atomic E-state index is -0.403. The van der Waals surface area contributed by atoms with Crippen LogP contribution in [0.3, 0.4) is 0 Å². The van der Waals surface area contributed by atoms with Gasteiger partial charge in [-0.2, -0.15) is 0 Å². The number of ether oxygens (including phenoxy) is 1. The molecule has 1 aliphatic heterocycles. The van der Waals surface area contributed by atoms with E-state index < -0.39 is 5.91 Å². The number of fused-ring (bicyclic) bond motifs is 1. The van der Waals surface area contributed by atoms with E-state index in [1.165, 1.54) is 0 Å². The summed E-state index contributed by atoms with van der Waals surface area (Å²) in [6.07, 6.45) is 0.200. The van der Waals surface area contributed by atoms with Crippen LogP contribution in [-0.2, 0) is 11.2 Å². The SMILES string of the molecule is Cc1cccc(Oc2cccc3c2C(=O)NC(=O)C3)c1. The van der Waals surface area contributed by atoms with Gasteiger partial charge in [-0.15, -0.1) is 0 Å². The number of carbonyl (C=O) groups is 2. The Morgan fingerprint density at radius 3 is 2.70 bits per heavy atom. The van der Waals surface area contributed by atoms with E-state index in [9.17, 15) is 9.59 Å². The number of amides is 2. The summed E-state index contributed by atoms with van der Waals surface area (Å²) in [5, 5.41) is 2.32. The predicted molar refractivity (Wildman–Crippen MR) is 73.9 cm³/mol. The van der Waals surface area contributed by atoms with Crippen molar-refractivity contribution in [1.82, 2.24) is 5.32 Å². The molecule has 3 rings (SSSR count). The van der Waals surface area contributed by atoms with Crippen LogP contribution >= 0.6 is 0 Å². The fourth-order valence-corrected chi connectivity index (χ4v) is 2.28. The van der Waals surface area contributed by atoms with E-state index in [1.807, 2.05) is 31.2 Å². The fourth-order valence-electron chi connectivity index (χ4n) is 2.28. The van der Waals surface area contributed by atoms with Crippen LogP contribution in [0.15, 0.2) is 42.5 Å². The van der Waals surface area contributed by atoms with Crippen LogP contribution in [-0.4, -0.2) is 11.8 Å². The Morgan fingerprint density at radius 2 is 1.90 bits per heavy atom. The van der Waals surface area contributed by atoms with Gasteiger partial charge in [0.25, 0.3) is 5.91 Å². The third-order valence-corrected chi connectivity index (χ3v) is 3.16. The van der Waals surface area contributed by atoms with Gasteiger partial charge in [0.2, 0.25) is 5.91 Å². The lowest BCUT2D eigenvalue weighted by atomic mass is 9.99. The highest BCUT2D eigenvalue weighted by molar-refractivity contribution is 6.11. The van der Waals surface area contributed by atoms with Gasteiger partial charge in [0.05, 0.1) is 12.0 Å². The molecule has 2 aromatic rings. The third-order valence-electron chi connectivity index (χ3n) is 3.16. The Kier molecular flexibility index (Phi) is 2.99. The van der Waals surface area contributed by atoms with Crippen molar-refractivity contribution >= 4 is 11.8 Å². The lowest BCUT2D eigenvalue weighted by Gasteiger charge is -2.18. The van der Waals surface area contributed by atoms with Crippen LogP contribution < -0.4 is 10.1 Å². The van der Waals surface area contributed by atoms with Gasteiger partial charge in [0, 0.05) is 0 Å². The van der Waals surface area contributed by atoms with Gasteiger partial charge in [-0.05, 0) is 36.2 Å². The lowest BCUT2D eigenvalue weighted by molar-refractivity contribution is -0.119. The van der Waals surface area contributed by atoms with Crippen LogP contribution in [0.5, 0.6) is 11.5 Å². The Morgan fingerprint density at radius 1 is 1.10 bits per heavy atom. The molecule has 0 bridgehead atoms. The molecule has 4 nitrogen and oxygen atoms in total. The molecule has 0 aromatic heterocycles. The Hall–Kier alpha value is -2.62. The van der Waals surface area contributed by atoms with E-state index in [4.69, 9.17) is 4.74 Å². The first-order valence-electron chi connectivity index (χ1n) is 6.34. The first kappa shape index (κ1) is 12.4. The number of rotatable bonds is 2. The monoisotopic (exact) mass is 267 g/mol. The van der Waals surface area contributed by atoms with E-state index in [0.29, 0.717) is 22.6 Å². The minimum Gasteiger partial charge on any atom is -0.457 e. The molecule has 0 unspecified atom stereocenters. The molecule has 4 heteroatoms. The van der Waals surface area contributed by atoms with Crippen LogP contribution in [0.4, 0.5) is 0 Å². The number of imide groups is 1. The van der Waals surface area contributed by atoms with Gasteiger partial charge in [-0.3, -0.25) is 14.9 Å². The normalized spacial score (nSPS) is 13.7. The maximum atomic E-state index is 12.0. The van der Waals surface area contributed by atoms with Crippen LogP contribution in [0, 0.1) is 6.92 Å². The summed E-state index contributed by atoms with van der Waals surface area (Å²) in [7, 11) is 0. The van der Waals surface area contributed by atoms with E-state index in [1.54, 1.807) is 18.2 Å². The first-order chi connectivity index (χ1) is 9.63. The molecule has 0 aliphatic carbocycles. The van der Waals surface area contributed by atoms with Crippen molar-refractivity contribution in [1.29, 1.82) is 0 Å². The number of carbonyl (C=O) groups excluding carboxylic acids is 2. The van der Waals surface area contributed by atoms with Gasteiger partial charge < -0.3 is 4.74 Å². The van der Waals surface area contributed by atoms with E-state index >= 15 is 0 Å². The predicted octanol–water partition coefficient (Wildman–Crippen LogP) is 2.60. The van der Waals surface area contributed by atoms with Crippen LogP contribution in [0.25, 0.3) is 0 Å². The molecular formula is C16H13NO3. The average Bonchev–Trinajstić information content (AvgIpc) is 2.38. The molecule has 2 amide bonds. The highest BCUT2D eigenvalue weighted by Crippen LogP contribution is 2.30. The molecular weight excluding hydrogens is 254 g/mol. The Labute approximate surface area is 116 Å². The zero-order chi connectivity index (χ0) is 14.1. The van der Waals surface area contributed by atoms with E-state index in [0.717, 1.165) is 5.56 Å². The van der Waals surface area contributed by atoms with Gasteiger partial charge >= 0.3 is 0 Å². The van der Waals surface area contributed by atoms with Crippen molar-refractivity contribution in [2.24, 2.45) is 0 Å². The first-order valence-corrected chi connectivity index (χ1v) is 6.34. The zero-order valence-corrected chi connectivity index (χ0v) is 11.0. The molecule has 0 saturated heterocycles. The molecule has 2 aromatic carbocycles. The molecule has 1 aliphatic rings. The van der Waals surface area contributed by atoms with E-state index in [-0.39, 0.29) is 12.3 Å². The summed E-state index contributed by atoms with van der Waals surface area (Å²) in [5.41, 5.74) is 2.21. The quantitative estimate of drug-likeness (QED) is 0.851. The third kappa shape index (κ3) is 2.28. The van der Waals surface area contributed by atoms with E-state index in [2.05, 4.69) is 5.32 Å². The Bertz CT molecular complexity index is 707. The second kappa shape index (κ2) is 4.81.